The van der Waals surface area contributed by atoms with E-state index < -0.39 is 34.6 Å². The molecule has 0 aliphatic rings. The molecule has 10 heteroatoms. The van der Waals surface area contributed by atoms with E-state index in [1.807, 2.05) is 24.3 Å². The second-order valence-electron chi connectivity index (χ2n) is 7.74. The lowest BCUT2D eigenvalue weighted by atomic mass is 10.2. The molecule has 0 aliphatic heterocycles. The Morgan fingerprint density at radius 2 is 1.08 bits per heavy atom. The van der Waals surface area contributed by atoms with Gasteiger partial charge in [0.1, 0.15) is 5.69 Å². The Hall–Kier alpha value is -3.27. The lowest BCUT2D eigenvalue weighted by Crippen LogP contribution is -2.25. The van der Waals surface area contributed by atoms with Crippen LogP contribution in [0, 0.1) is 23.3 Å². The highest BCUT2D eigenvalue weighted by atomic mass is 32.2. The van der Waals surface area contributed by atoms with Gasteiger partial charge in [0, 0.05) is 18.0 Å². The average molecular weight is 518 g/mol. The zero-order valence-corrected chi connectivity index (χ0v) is 21.1. The molecule has 3 aromatic rings. The van der Waals surface area contributed by atoms with Crippen LogP contribution in [0.15, 0.2) is 73.9 Å². The van der Waals surface area contributed by atoms with Crippen LogP contribution in [0.4, 0.5) is 46.0 Å². The Balaban J connectivity index is 1.71. The summed E-state index contributed by atoms with van der Waals surface area (Å²) in [6, 6.07) is 13.9. The second kappa shape index (κ2) is 13.2. The lowest BCUT2D eigenvalue weighted by Gasteiger charge is -2.22. The molecule has 0 bridgehead atoms. The third kappa shape index (κ3) is 6.69. The summed E-state index contributed by atoms with van der Waals surface area (Å²) < 4.78 is 57.9. The number of hydrogen-bond acceptors (Lipinski definition) is 6. The number of unbranched alkanes of at least 4 members (excludes halogenated alkanes) is 1. The number of hydrogen-bond donors (Lipinski definition) is 0. The number of rotatable bonds is 11. The summed E-state index contributed by atoms with van der Waals surface area (Å²) in [6.45, 7) is 5.76. The van der Waals surface area contributed by atoms with Crippen LogP contribution in [-0.4, -0.2) is 18.8 Å². The van der Waals surface area contributed by atoms with Crippen molar-refractivity contribution in [1.82, 2.24) is 0 Å². The maximum Gasteiger partial charge on any atom is 0.191 e. The van der Waals surface area contributed by atoms with Gasteiger partial charge in [-0.15, -0.1) is 16.9 Å². The Morgan fingerprint density at radius 1 is 0.639 bits per heavy atom. The molecule has 0 radical (unpaired) electrons. The summed E-state index contributed by atoms with van der Waals surface area (Å²) in [5, 5.41) is 15.5. The SMILES string of the molecule is CCCCSc1ccc(N=Nc2ccc(N=Nc3c(F)c(F)c(N(CC)CC)c(F)c3F)cc2)cc1. The van der Waals surface area contributed by atoms with Crippen LogP contribution in [0.5, 0.6) is 0 Å². The lowest BCUT2D eigenvalue weighted by molar-refractivity contribution is 0.454. The van der Waals surface area contributed by atoms with E-state index in [-0.39, 0.29) is 18.8 Å². The molecule has 3 aromatic carbocycles. The summed E-state index contributed by atoms with van der Waals surface area (Å²) in [5.74, 6) is -5.13. The van der Waals surface area contributed by atoms with Crippen molar-refractivity contribution in [3.63, 3.8) is 0 Å². The topological polar surface area (TPSA) is 52.7 Å². The first-order chi connectivity index (χ1) is 17.4. The average Bonchev–Trinajstić information content (AvgIpc) is 2.90. The minimum absolute atomic E-state index is 0.178. The van der Waals surface area contributed by atoms with Gasteiger partial charge in [0.15, 0.2) is 29.0 Å². The molecular weight excluding hydrogens is 490 g/mol. The van der Waals surface area contributed by atoms with E-state index in [2.05, 4.69) is 27.4 Å². The number of azo groups is 2. The van der Waals surface area contributed by atoms with Crippen LogP contribution in [0.1, 0.15) is 33.6 Å². The molecule has 0 atom stereocenters. The van der Waals surface area contributed by atoms with Crippen LogP contribution < -0.4 is 4.90 Å². The quantitative estimate of drug-likeness (QED) is 0.0835. The molecule has 0 heterocycles. The molecule has 0 fully saturated rings. The zero-order chi connectivity index (χ0) is 26.1. The van der Waals surface area contributed by atoms with E-state index in [4.69, 9.17) is 0 Å². The molecule has 3 rings (SSSR count). The van der Waals surface area contributed by atoms with Gasteiger partial charge in [-0.3, -0.25) is 0 Å². The molecule has 0 spiro atoms. The Kier molecular flexibility index (Phi) is 9.98. The van der Waals surface area contributed by atoms with E-state index in [9.17, 15) is 17.6 Å². The Labute approximate surface area is 212 Å². The van der Waals surface area contributed by atoms with Gasteiger partial charge in [0.05, 0.1) is 17.1 Å². The van der Waals surface area contributed by atoms with E-state index >= 15 is 0 Å². The van der Waals surface area contributed by atoms with Gasteiger partial charge >= 0.3 is 0 Å². The molecule has 0 aromatic heterocycles. The first-order valence-corrected chi connectivity index (χ1v) is 12.6. The fraction of sp³-hybridized carbons (Fsp3) is 0.308. The molecule has 190 valence electrons. The van der Waals surface area contributed by atoms with Crippen LogP contribution >= 0.6 is 11.8 Å². The van der Waals surface area contributed by atoms with E-state index in [0.717, 1.165) is 12.2 Å². The van der Waals surface area contributed by atoms with Gasteiger partial charge < -0.3 is 4.90 Å². The Bertz CT molecular complexity index is 1180. The smallest absolute Gasteiger partial charge is 0.191 e. The predicted molar refractivity (Wildman–Crippen MR) is 137 cm³/mol. The van der Waals surface area contributed by atoms with Crippen molar-refractivity contribution in [2.75, 3.05) is 23.7 Å². The molecule has 0 unspecified atom stereocenters. The van der Waals surface area contributed by atoms with Crippen LogP contribution in [0.25, 0.3) is 0 Å². The maximum atomic E-state index is 14.5. The number of benzene rings is 3. The van der Waals surface area contributed by atoms with Gasteiger partial charge in [-0.1, -0.05) is 13.3 Å². The fourth-order valence-corrected chi connectivity index (χ4v) is 4.26. The zero-order valence-electron chi connectivity index (χ0n) is 20.3. The number of nitrogens with zero attached hydrogens (tertiary/aromatic N) is 5. The third-order valence-electron chi connectivity index (χ3n) is 5.30. The monoisotopic (exact) mass is 517 g/mol. The first kappa shape index (κ1) is 27.3. The summed E-state index contributed by atoms with van der Waals surface area (Å²) in [4.78, 5) is 2.36. The molecule has 36 heavy (non-hydrogen) atoms. The van der Waals surface area contributed by atoms with Crippen molar-refractivity contribution < 1.29 is 17.6 Å². The van der Waals surface area contributed by atoms with Gasteiger partial charge in [-0.05, 0) is 74.6 Å². The molecule has 0 saturated carbocycles. The minimum Gasteiger partial charge on any atom is -0.367 e. The number of halogens is 4. The van der Waals surface area contributed by atoms with E-state index in [1.54, 1.807) is 37.7 Å². The second-order valence-corrected chi connectivity index (χ2v) is 8.91. The molecule has 0 aliphatic carbocycles. The van der Waals surface area contributed by atoms with Crippen molar-refractivity contribution in [3.05, 3.63) is 71.8 Å². The predicted octanol–water partition coefficient (Wildman–Crippen LogP) is 9.81. The summed E-state index contributed by atoms with van der Waals surface area (Å²) in [6.07, 6.45) is 2.33. The van der Waals surface area contributed by atoms with E-state index in [0.29, 0.717) is 11.4 Å². The first-order valence-electron chi connectivity index (χ1n) is 11.7. The molecule has 5 nitrogen and oxygen atoms in total. The Morgan fingerprint density at radius 3 is 1.53 bits per heavy atom. The van der Waals surface area contributed by atoms with Crippen molar-refractivity contribution in [2.24, 2.45) is 20.5 Å². The molecule has 0 amide bonds. The third-order valence-corrected chi connectivity index (χ3v) is 6.39. The molecule has 0 saturated heterocycles. The van der Waals surface area contributed by atoms with Gasteiger partial charge in [-0.2, -0.15) is 15.3 Å². The van der Waals surface area contributed by atoms with Crippen molar-refractivity contribution >= 4 is 40.2 Å². The number of thioether (sulfide) groups is 1. The van der Waals surface area contributed by atoms with Crippen LogP contribution in [0.2, 0.25) is 0 Å². The normalized spacial score (nSPS) is 11.6. The standard InChI is InChI=1S/C26H27F4N5S/c1-4-7-16-36-20-14-12-19(13-15-20)32-31-17-8-10-18(11-9-17)33-34-25-21(27)23(29)26(24(30)22(25)28)35(5-2)6-3/h8-15H,4-7,16H2,1-3H3. The molecule has 0 N–H and O–H groups in total. The van der Waals surface area contributed by atoms with Gasteiger partial charge in [-0.25, -0.2) is 17.6 Å². The minimum atomic E-state index is -1.60. The highest BCUT2D eigenvalue weighted by Gasteiger charge is 2.28. The summed E-state index contributed by atoms with van der Waals surface area (Å²) >= 11 is 1.80. The summed E-state index contributed by atoms with van der Waals surface area (Å²) in [5.41, 5.74) is -0.445. The van der Waals surface area contributed by atoms with Gasteiger partial charge in [0.2, 0.25) is 0 Å². The highest BCUT2D eigenvalue weighted by molar-refractivity contribution is 7.99. The van der Waals surface area contributed by atoms with Crippen LogP contribution in [0.3, 0.4) is 0 Å². The maximum absolute atomic E-state index is 14.5. The van der Waals surface area contributed by atoms with E-state index in [1.165, 1.54) is 28.3 Å². The van der Waals surface area contributed by atoms with Crippen molar-refractivity contribution in [2.45, 2.75) is 38.5 Å². The van der Waals surface area contributed by atoms with Crippen LogP contribution in [-0.2, 0) is 0 Å². The van der Waals surface area contributed by atoms with Crippen molar-refractivity contribution in [3.8, 4) is 0 Å². The van der Waals surface area contributed by atoms with Crippen molar-refractivity contribution in [1.29, 1.82) is 0 Å². The number of anilines is 1. The fourth-order valence-electron chi connectivity index (χ4n) is 3.27. The highest BCUT2D eigenvalue weighted by Crippen LogP contribution is 2.36. The largest absolute Gasteiger partial charge is 0.367 e. The van der Waals surface area contributed by atoms with Gasteiger partial charge in [0.25, 0.3) is 0 Å². The molecular formula is C26H27F4N5S. The summed E-state index contributed by atoms with van der Waals surface area (Å²) in [7, 11) is 0.